The fourth-order valence-corrected chi connectivity index (χ4v) is 2.14. The van der Waals surface area contributed by atoms with Gasteiger partial charge in [-0.05, 0) is 12.1 Å². The zero-order valence-electron chi connectivity index (χ0n) is 14.6. The number of carbonyl (C=O) groups excluding carboxylic acids is 2. The third-order valence-corrected chi connectivity index (χ3v) is 3.50. The van der Waals surface area contributed by atoms with Crippen LogP contribution in [0.1, 0.15) is 21.0 Å². The third kappa shape index (κ3) is 5.96. The van der Waals surface area contributed by atoms with Gasteiger partial charge in [0.15, 0.2) is 0 Å². The van der Waals surface area contributed by atoms with Gasteiger partial charge in [-0.1, -0.05) is 12.1 Å². The van der Waals surface area contributed by atoms with E-state index in [1.165, 1.54) is 24.3 Å². The molecule has 12 heteroatoms. The fraction of sp³-hybridized carbons (Fsp3) is 0.250. The molecule has 0 fully saturated rings. The fourth-order valence-electron chi connectivity index (χ4n) is 2.14. The molecular weight excluding hydrogens is 438 g/mol. The molecule has 2 amide bonds. The Morgan fingerprint density at radius 1 is 0.750 bits per heavy atom. The molecule has 2 rings (SSSR count). The molecule has 0 aliphatic heterocycles. The Morgan fingerprint density at radius 2 is 1.14 bits per heavy atom. The van der Waals surface area contributed by atoms with E-state index in [9.17, 15) is 29.6 Å². The zero-order valence-corrected chi connectivity index (χ0v) is 16.3. The van der Waals surface area contributed by atoms with E-state index in [-0.39, 0.29) is 50.9 Å². The van der Waals surface area contributed by atoms with Gasteiger partial charge in [-0.25, -0.2) is 0 Å². The number of carbonyl (C=O) groups is 2. The maximum atomic E-state index is 11.8. The van der Waals surface area contributed by atoms with Crippen molar-refractivity contribution >= 4 is 28.8 Å². The monoisotopic (exact) mass is 457 g/mol. The smallest absolute Gasteiger partial charge is 0.283 e. The lowest BCUT2D eigenvalue weighted by Gasteiger charge is -2.09. The summed E-state index contributed by atoms with van der Waals surface area (Å²) >= 11 is 0. The molecule has 0 atom stereocenters. The first kappa shape index (κ1) is 22.9. The molecule has 11 nitrogen and oxygen atoms in total. The normalized spacial score (nSPS) is 10.0. The summed E-state index contributed by atoms with van der Waals surface area (Å²) in [5.41, 5.74) is -1.76. The van der Waals surface area contributed by atoms with Gasteiger partial charge in [-0.3, -0.25) is 19.2 Å². The van der Waals surface area contributed by atoms with Crippen molar-refractivity contribution in [3.63, 3.8) is 0 Å². The lowest BCUT2D eigenvalue weighted by Crippen LogP contribution is -2.38. The summed E-state index contributed by atoms with van der Waals surface area (Å²) in [5.74, 6) is -1.20. The van der Waals surface area contributed by atoms with Gasteiger partial charge in [0.25, 0.3) is 22.9 Å². The van der Waals surface area contributed by atoms with Crippen LogP contribution in [-0.4, -0.2) is 57.9 Å². The second kappa shape index (κ2) is 10.9. The van der Waals surface area contributed by atoms with Crippen molar-refractivity contribution in [1.29, 1.82) is 0 Å². The Morgan fingerprint density at radius 3 is 1.54 bits per heavy atom. The quantitative estimate of drug-likeness (QED) is 0.246. The van der Waals surface area contributed by atoms with E-state index in [0.29, 0.717) is 13.1 Å². The van der Waals surface area contributed by atoms with Crippen molar-refractivity contribution in [2.24, 2.45) is 0 Å². The Balaban J connectivity index is 0.00000392. The van der Waals surface area contributed by atoms with E-state index in [0.717, 1.165) is 12.1 Å². The van der Waals surface area contributed by atoms with Gasteiger partial charge in [-0.15, -0.1) is 26.4 Å². The largest absolute Gasteiger partial charge is 0.425 e. The average Bonchev–Trinajstić information content (AvgIpc) is 2.65. The summed E-state index contributed by atoms with van der Waals surface area (Å²) in [6.07, 6.45) is 0. The predicted octanol–water partition coefficient (Wildman–Crippen LogP) is -1.19. The Kier molecular flexibility index (Phi) is 8.91. The van der Waals surface area contributed by atoms with Crippen molar-refractivity contribution in [2.45, 2.75) is 0 Å². The van der Waals surface area contributed by atoms with Gasteiger partial charge in [0.05, 0.1) is 0 Å². The van der Waals surface area contributed by atoms with E-state index in [2.05, 4.69) is 16.0 Å². The molecule has 0 aliphatic rings. The molecule has 0 radical (unpaired) electrons. The van der Waals surface area contributed by atoms with Crippen LogP contribution in [0.15, 0.2) is 46.0 Å². The first-order valence-corrected chi connectivity index (χ1v) is 8.01. The molecule has 0 saturated carbocycles. The summed E-state index contributed by atoms with van der Waals surface area (Å²) in [4.78, 5) is 46.2. The highest BCUT2D eigenvalue weighted by atomic mass is 79.9. The van der Waals surface area contributed by atoms with E-state index in [1.807, 2.05) is 0 Å². The Labute approximate surface area is 169 Å². The lowest BCUT2D eigenvalue weighted by atomic mass is 10.3. The standard InChI is InChI=1S/C16H19N5O6.BrH/c22-13-5-1-3-11(20(13)26)15(24)18-9-7-17-8-10-19-16(25)12-4-2-6-14(23)21(12)27;/h1-6,17,26-27H,7-10H2,(H,18,24)(H,19,25);1H. The number of aromatic nitrogens is 2. The van der Waals surface area contributed by atoms with Crippen LogP contribution in [0.4, 0.5) is 0 Å². The van der Waals surface area contributed by atoms with Crippen LogP contribution in [0.25, 0.3) is 0 Å². The van der Waals surface area contributed by atoms with E-state index in [1.54, 1.807) is 0 Å². The number of nitrogens with one attached hydrogen (secondary N) is 3. The second-order valence-electron chi connectivity index (χ2n) is 5.38. The van der Waals surface area contributed by atoms with Gasteiger partial charge in [-0.2, -0.15) is 0 Å². The van der Waals surface area contributed by atoms with Crippen LogP contribution in [0, 0.1) is 0 Å². The molecule has 5 N–H and O–H groups in total. The summed E-state index contributed by atoms with van der Waals surface area (Å²) in [6, 6.07) is 7.59. The third-order valence-electron chi connectivity index (χ3n) is 3.50. The Hall–Kier alpha value is -3.12. The summed E-state index contributed by atoms with van der Waals surface area (Å²) in [5, 5.41) is 27.0. The van der Waals surface area contributed by atoms with Crippen LogP contribution in [0.5, 0.6) is 0 Å². The second-order valence-corrected chi connectivity index (χ2v) is 5.38. The van der Waals surface area contributed by atoms with Crippen molar-refractivity contribution in [1.82, 2.24) is 25.4 Å². The highest BCUT2D eigenvalue weighted by Crippen LogP contribution is 1.94. The number of hydrogen-bond donors (Lipinski definition) is 5. The van der Waals surface area contributed by atoms with Crippen LogP contribution in [0.3, 0.4) is 0 Å². The summed E-state index contributed by atoms with van der Waals surface area (Å²) in [7, 11) is 0. The summed E-state index contributed by atoms with van der Waals surface area (Å²) in [6.45, 7) is 1.20. The molecule has 0 spiro atoms. The van der Waals surface area contributed by atoms with Gasteiger partial charge in [0, 0.05) is 38.3 Å². The molecule has 0 bridgehead atoms. The topological polar surface area (TPSA) is 155 Å². The van der Waals surface area contributed by atoms with Gasteiger partial charge < -0.3 is 26.4 Å². The average molecular weight is 458 g/mol. The molecule has 2 aromatic rings. The number of halogens is 1. The minimum Gasteiger partial charge on any atom is -0.425 e. The van der Waals surface area contributed by atoms with Gasteiger partial charge in [0.1, 0.15) is 11.4 Å². The predicted molar refractivity (Wildman–Crippen MR) is 104 cm³/mol. The number of amides is 2. The van der Waals surface area contributed by atoms with Crippen LogP contribution >= 0.6 is 17.0 Å². The van der Waals surface area contributed by atoms with E-state index in [4.69, 9.17) is 0 Å². The molecule has 0 aromatic carbocycles. The highest BCUT2D eigenvalue weighted by molar-refractivity contribution is 8.93. The maximum Gasteiger partial charge on any atom is 0.283 e. The molecule has 2 aromatic heterocycles. The van der Waals surface area contributed by atoms with Crippen LogP contribution in [-0.2, 0) is 0 Å². The van der Waals surface area contributed by atoms with Crippen LogP contribution in [0.2, 0.25) is 0 Å². The van der Waals surface area contributed by atoms with Crippen molar-refractivity contribution in [3.05, 3.63) is 68.5 Å². The minimum absolute atomic E-state index is 0. The van der Waals surface area contributed by atoms with Crippen LogP contribution < -0.4 is 27.1 Å². The van der Waals surface area contributed by atoms with Crippen molar-refractivity contribution in [2.75, 3.05) is 26.2 Å². The van der Waals surface area contributed by atoms with Gasteiger partial charge in [0.2, 0.25) is 0 Å². The zero-order chi connectivity index (χ0) is 19.8. The lowest BCUT2D eigenvalue weighted by molar-refractivity contribution is 0.0885. The first-order chi connectivity index (χ1) is 12.9. The SMILES string of the molecule is Br.O=C(NCCNCCNC(=O)c1cccc(=O)n1O)c1cccc(=O)n1O. The van der Waals surface area contributed by atoms with E-state index < -0.39 is 22.9 Å². The number of nitrogens with zero attached hydrogens (tertiary/aromatic N) is 2. The highest BCUT2D eigenvalue weighted by Gasteiger charge is 2.11. The number of pyridine rings is 2. The van der Waals surface area contributed by atoms with E-state index >= 15 is 0 Å². The first-order valence-electron chi connectivity index (χ1n) is 8.01. The molecule has 2 heterocycles. The maximum absolute atomic E-state index is 11.8. The molecule has 0 unspecified atom stereocenters. The number of rotatable bonds is 8. The minimum atomic E-state index is -0.705. The Bertz CT molecular complexity index is 866. The van der Waals surface area contributed by atoms with Crippen molar-refractivity contribution < 1.29 is 20.0 Å². The number of hydrogen-bond acceptors (Lipinski definition) is 7. The molecular formula is C16H20BrN5O6. The van der Waals surface area contributed by atoms with Crippen molar-refractivity contribution in [3.8, 4) is 0 Å². The van der Waals surface area contributed by atoms with Gasteiger partial charge >= 0.3 is 0 Å². The molecule has 152 valence electrons. The molecule has 28 heavy (non-hydrogen) atoms. The molecule has 0 saturated heterocycles. The summed E-state index contributed by atoms with van der Waals surface area (Å²) < 4.78 is 0.533. The molecule has 0 aliphatic carbocycles.